The van der Waals surface area contributed by atoms with Gasteiger partial charge < -0.3 is 24.6 Å². The number of guanidine groups is 1. The van der Waals surface area contributed by atoms with Crippen LogP contribution in [0.1, 0.15) is 58.3 Å². The second kappa shape index (κ2) is 13.3. The summed E-state index contributed by atoms with van der Waals surface area (Å²) in [6.45, 7) is 9.57. The summed E-state index contributed by atoms with van der Waals surface area (Å²) in [5, 5.41) is 3.56. The van der Waals surface area contributed by atoms with Crippen LogP contribution in [-0.2, 0) is 9.47 Å². The third-order valence-corrected chi connectivity index (χ3v) is 5.90. The first kappa shape index (κ1) is 22.4. The SMILES string of the molecule is CN=C(NCCCCN1CCCCC1C)N1CCC(OCCCOC)CC1. The number of aliphatic imine (C=N–C) groups is 1. The highest BCUT2D eigenvalue weighted by Crippen LogP contribution is 2.17. The molecule has 1 atom stereocenters. The lowest BCUT2D eigenvalue weighted by molar-refractivity contribution is 0.00991. The Bertz CT molecular complexity index is 411. The number of nitrogens with one attached hydrogen (secondary N) is 1. The highest BCUT2D eigenvalue weighted by molar-refractivity contribution is 5.79. The van der Waals surface area contributed by atoms with Gasteiger partial charge in [-0.3, -0.25) is 4.99 Å². The average Bonchev–Trinajstić information content (AvgIpc) is 2.70. The molecule has 0 aromatic carbocycles. The highest BCUT2D eigenvalue weighted by atomic mass is 16.5. The summed E-state index contributed by atoms with van der Waals surface area (Å²) in [5.41, 5.74) is 0. The van der Waals surface area contributed by atoms with E-state index in [4.69, 9.17) is 9.47 Å². The Kier molecular flexibility index (Phi) is 11.1. The first-order valence-electron chi connectivity index (χ1n) is 11.0. The number of piperidine rings is 2. The summed E-state index contributed by atoms with van der Waals surface area (Å²) >= 11 is 0. The molecule has 2 rings (SSSR count). The Labute approximate surface area is 166 Å². The monoisotopic (exact) mass is 382 g/mol. The van der Waals surface area contributed by atoms with Crippen molar-refractivity contribution in [3.8, 4) is 0 Å². The molecule has 6 heteroatoms. The quantitative estimate of drug-likeness (QED) is 0.358. The molecule has 0 radical (unpaired) electrons. The normalized spacial score (nSPS) is 23.0. The molecule has 1 N–H and O–H groups in total. The van der Waals surface area contributed by atoms with Crippen molar-refractivity contribution in [3.63, 3.8) is 0 Å². The molecule has 2 saturated heterocycles. The Morgan fingerprint density at radius 3 is 2.56 bits per heavy atom. The molecule has 27 heavy (non-hydrogen) atoms. The van der Waals surface area contributed by atoms with Crippen LogP contribution in [0.5, 0.6) is 0 Å². The van der Waals surface area contributed by atoms with E-state index in [1.807, 2.05) is 7.05 Å². The highest BCUT2D eigenvalue weighted by Gasteiger charge is 2.22. The van der Waals surface area contributed by atoms with Gasteiger partial charge in [-0.25, -0.2) is 0 Å². The average molecular weight is 383 g/mol. The number of rotatable bonds is 10. The fourth-order valence-electron chi connectivity index (χ4n) is 4.15. The summed E-state index contributed by atoms with van der Waals surface area (Å²) < 4.78 is 11.0. The molecule has 0 aromatic heterocycles. The van der Waals surface area contributed by atoms with Crippen molar-refractivity contribution in [1.29, 1.82) is 0 Å². The minimum absolute atomic E-state index is 0.391. The first-order valence-corrected chi connectivity index (χ1v) is 11.0. The van der Waals surface area contributed by atoms with Gasteiger partial charge in [0.05, 0.1) is 6.10 Å². The molecule has 158 valence electrons. The van der Waals surface area contributed by atoms with Gasteiger partial charge in [-0.2, -0.15) is 0 Å². The van der Waals surface area contributed by atoms with Crippen molar-refractivity contribution < 1.29 is 9.47 Å². The molecule has 0 amide bonds. The Hall–Kier alpha value is -0.850. The van der Waals surface area contributed by atoms with Gasteiger partial charge in [-0.05, 0) is 65.0 Å². The molecule has 2 aliphatic heterocycles. The maximum Gasteiger partial charge on any atom is 0.193 e. The molecule has 2 heterocycles. The van der Waals surface area contributed by atoms with Crippen LogP contribution < -0.4 is 5.32 Å². The summed E-state index contributed by atoms with van der Waals surface area (Å²) in [6, 6.07) is 0.775. The number of hydrogen-bond acceptors (Lipinski definition) is 4. The van der Waals surface area contributed by atoms with Gasteiger partial charge in [-0.1, -0.05) is 6.42 Å². The molecule has 0 saturated carbocycles. The molecule has 6 nitrogen and oxygen atoms in total. The van der Waals surface area contributed by atoms with Crippen LogP contribution in [0, 0.1) is 0 Å². The van der Waals surface area contributed by atoms with E-state index in [-0.39, 0.29) is 0 Å². The zero-order valence-electron chi connectivity index (χ0n) is 17.9. The largest absolute Gasteiger partial charge is 0.385 e. The van der Waals surface area contributed by atoms with Crippen LogP contribution in [-0.4, -0.2) is 88.0 Å². The topological polar surface area (TPSA) is 49.3 Å². The fraction of sp³-hybridized carbons (Fsp3) is 0.952. The van der Waals surface area contributed by atoms with Crippen molar-refractivity contribution in [3.05, 3.63) is 0 Å². The van der Waals surface area contributed by atoms with Gasteiger partial charge in [0.1, 0.15) is 0 Å². The van der Waals surface area contributed by atoms with E-state index in [0.717, 1.165) is 64.1 Å². The van der Waals surface area contributed by atoms with Crippen LogP contribution in [0.25, 0.3) is 0 Å². The van der Waals surface area contributed by atoms with E-state index in [1.165, 1.54) is 45.2 Å². The smallest absolute Gasteiger partial charge is 0.193 e. The Morgan fingerprint density at radius 2 is 1.85 bits per heavy atom. The number of ether oxygens (including phenoxy) is 2. The minimum atomic E-state index is 0.391. The Morgan fingerprint density at radius 1 is 1.04 bits per heavy atom. The molecule has 0 bridgehead atoms. The summed E-state index contributed by atoms with van der Waals surface area (Å²) in [4.78, 5) is 9.53. The summed E-state index contributed by atoms with van der Waals surface area (Å²) in [7, 11) is 3.64. The molecule has 0 spiro atoms. The van der Waals surface area contributed by atoms with Gasteiger partial charge in [0.15, 0.2) is 5.96 Å². The number of likely N-dealkylation sites (tertiary alicyclic amines) is 2. The van der Waals surface area contributed by atoms with Gasteiger partial charge >= 0.3 is 0 Å². The minimum Gasteiger partial charge on any atom is -0.385 e. The predicted octanol–water partition coefficient (Wildman–Crippen LogP) is 2.73. The third-order valence-electron chi connectivity index (χ3n) is 5.90. The van der Waals surface area contributed by atoms with Crippen LogP contribution in [0.3, 0.4) is 0 Å². The zero-order valence-corrected chi connectivity index (χ0v) is 17.9. The van der Waals surface area contributed by atoms with Gasteiger partial charge in [0.25, 0.3) is 0 Å². The van der Waals surface area contributed by atoms with Crippen molar-refractivity contribution in [1.82, 2.24) is 15.1 Å². The Balaban J connectivity index is 1.55. The number of hydrogen-bond donors (Lipinski definition) is 1. The van der Waals surface area contributed by atoms with E-state index in [0.29, 0.717) is 6.10 Å². The van der Waals surface area contributed by atoms with E-state index in [1.54, 1.807) is 7.11 Å². The van der Waals surface area contributed by atoms with Gasteiger partial charge in [-0.15, -0.1) is 0 Å². The van der Waals surface area contributed by atoms with Crippen LogP contribution in [0.2, 0.25) is 0 Å². The maximum absolute atomic E-state index is 5.95. The summed E-state index contributed by atoms with van der Waals surface area (Å²) in [5.74, 6) is 1.05. The standard InChI is InChI=1S/C21H42N4O2/c1-19-9-4-6-13-24(19)14-7-5-12-23-21(22-2)25-15-10-20(11-16-25)27-18-8-17-26-3/h19-20H,4-18H2,1-3H3,(H,22,23). The van der Waals surface area contributed by atoms with Gasteiger partial charge in [0.2, 0.25) is 0 Å². The zero-order chi connectivity index (χ0) is 19.3. The number of methoxy groups -OCH3 is 1. The second-order valence-electron chi connectivity index (χ2n) is 7.97. The molecule has 2 fully saturated rings. The summed E-state index contributed by atoms with van der Waals surface area (Å²) in [6.07, 6.45) is 10.2. The van der Waals surface area contributed by atoms with Crippen molar-refractivity contribution >= 4 is 5.96 Å². The van der Waals surface area contributed by atoms with Crippen molar-refractivity contribution in [2.75, 3.05) is 60.1 Å². The van der Waals surface area contributed by atoms with E-state index < -0.39 is 0 Å². The van der Waals surface area contributed by atoms with Crippen LogP contribution in [0.4, 0.5) is 0 Å². The van der Waals surface area contributed by atoms with E-state index >= 15 is 0 Å². The lowest BCUT2D eigenvalue weighted by Crippen LogP contribution is -2.47. The molecular formula is C21H42N4O2. The lowest BCUT2D eigenvalue weighted by Gasteiger charge is -2.34. The van der Waals surface area contributed by atoms with Crippen molar-refractivity contribution in [2.24, 2.45) is 4.99 Å². The molecule has 0 aliphatic carbocycles. The molecule has 1 unspecified atom stereocenters. The fourth-order valence-corrected chi connectivity index (χ4v) is 4.15. The van der Waals surface area contributed by atoms with Crippen LogP contribution >= 0.6 is 0 Å². The first-order chi connectivity index (χ1) is 13.2. The van der Waals surface area contributed by atoms with E-state index in [2.05, 4.69) is 27.0 Å². The van der Waals surface area contributed by atoms with Crippen LogP contribution in [0.15, 0.2) is 4.99 Å². The molecular weight excluding hydrogens is 340 g/mol. The second-order valence-corrected chi connectivity index (χ2v) is 7.97. The third kappa shape index (κ3) is 8.36. The predicted molar refractivity (Wildman–Crippen MR) is 113 cm³/mol. The number of nitrogens with zero attached hydrogens (tertiary/aromatic N) is 3. The molecule has 2 aliphatic rings. The van der Waals surface area contributed by atoms with Crippen molar-refractivity contribution in [2.45, 2.75) is 70.4 Å². The van der Waals surface area contributed by atoms with E-state index in [9.17, 15) is 0 Å². The number of unbranched alkanes of at least 4 members (excludes halogenated alkanes) is 1. The maximum atomic E-state index is 5.95. The lowest BCUT2D eigenvalue weighted by atomic mass is 10.0. The molecule has 0 aromatic rings. The van der Waals surface area contributed by atoms with Gasteiger partial charge in [0, 0.05) is 53.0 Å².